The predicted octanol–water partition coefficient (Wildman–Crippen LogP) is 1.90. The molecule has 0 unspecified atom stereocenters. The van der Waals surface area contributed by atoms with E-state index in [0.717, 1.165) is 6.42 Å². The van der Waals surface area contributed by atoms with Gasteiger partial charge in [-0.05, 0) is 19.4 Å². The third kappa shape index (κ3) is 2.76. The summed E-state index contributed by atoms with van der Waals surface area (Å²) in [5, 5.41) is 12.7. The number of guanidine groups is 1. The van der Waals surface area contributed by atoms with E-state index in [2.05, 4.69) is 15.0 Å². The summed E-state index contributed by atoms with van der Waals surface area (Å²) in [6, 6.07) is 2.50. The van der Waals surface area contributed by atoms with E-state index in [9.17, 15) is 13.5 Å². The molecule has 1 atom stereocenters. The van der Waals surface area contributed by atoms with Crippen molar-refractivity contribution in [1.29, 1.82) is 0 Å². The highest BCUT2D eigenvalue weighted by atomic mass is 35.5. The van der Waals surface area contributed by atoms with Crippen molar-refractivity contribution in [2.45, 2.75) is 31.2 Å². The normalized spacial score (nSPS) is 20.3. The van der Waals surface area contributed by atoms with Crippen LogP contribution in [0, 0.1) is 0 Å². The lowest BCUT2D eigenvalue weighted by atomic mass is 10.3. The maximum atomic E-state index is 12.1. The largest absolute Gasteiger partial charge is 0.506 e. The van der Waals surface area contributed by atoms with Gasteiger partial charge in [-0.3, -0.25) is 0 Å². The van der Waals surface area contributed by atoms with E-state index in [1.807, 2.05) is 13.8 Å². The number of hydrogen-bond acceptors (Lipinski definition) is 4. The average Bonchev–Trinajstić information content (AvgIpc) is 2.30. The average molecular weight is 304 g/mol. The summed E-state index contributed by atoms with van der Waals surface area (Å²) in [5.74, 6) is -0.135. The van der Waals surface area contributed by atoms with E-state index in [0.29, 0.717) is 0 Å². The molecule has 6 nitrogen and oxygen atoms in total. The number of sulfonamides is 1. The molecule has 0 saturated heterocycles. The second-order valence-corrected chi connectivity index (χ2v) is 6.35. The Bertz CT molecular complexity index is 643. The van der Waals surface area contributed by atoms with Gasteiger partial charge in [-0.2, -0.15) is 0 Å². The lowest BCUT2D eigenvalue weighted by Crippen LogP contribution is -2.41. The number of benzene rings is 1. The molecule has 0 radical (unpaired) electrons. The van der Waals surface area contributed by atoms with Crippen LogP contribution in [-0.4, -0.2) is 25.5 Å². The summed E-state index contributed by atoms with van der Waals surface area (Å²) in [6.45, 7) is 3.80. The van der Waals surface area contributed by atoms with Gasteiger partial charge in [-0.25, -0.2) is 18.1 Å². The van der Waals surface area contributed by atoms with Crippen molar-refractivity contribution in [1.82, 2.24) is 4.72 Å². The van der Waals surface area contributed by atoms with Crippen LogP contribution in [0.5, 0.6) is 5.75 Å². The first kappa shape index (κ1) is 14.0. The molecular weight excluding hydrogens is 290 g/mol. The number of phenolic OH excluding ortho intramolecular Hbond substituents is 1. The number of nitrogens with one attached hydrogen (secondary N) is 2. The lowest BCUT2D eigenvalue weighted by Gasteiger charge is -2.23. The van der Waals surface area contributed by atoms with Crippen molar-refractivity contribution in [3.8, 4) is 5.75 Å². The number of aromatic hydroxyl groups is 1. The zero-order chi connectivity index (χ0) is 14.2. The standard InChI is InChI=1S/C11H14ClN3O3S/c1-3-6(2)13-11-14-10-8(16)4-7(12)5-9(10)19(17,18)15-11/h4-6,16H,3H2,1-2H3,(H2,13,14,15)/t6-/m1/s1. The molecule has 0 amide bonds. The van der Waals surface area contributed by atoms with Gasteiger partial charge in [0.25, 0.3) is 10.0 Å². The van der Waals surface area contributed by atoms with Crippen LogP contribution in [0.25, 0.3) is 0 Å². The van der Waals surface area contributed by atoms with Gasteiger partial charge in [0.1, 0.15) is 16.3 Å². The maximum Gasteiger partial charge on any atom is 0.266 e. The quantitative estimate of drug-likeness (QED) is 0.728. The van der Waals surface area contributed by atoms with Gasteiger partial charge in [-0.15, -0.1) is 0 Å². The zero-order valence-electron chi connectivity index (χ0n) is 10.4. The van der Waals surface area contributed by atoms with Crippen molar-refractivity contribution in [3.63, 3.8) is 0 Å². The fourth-order valence-corrected chi connectivity index (χ4v) is 3.05. The molecule has 2 rings (SSSR count). The summed E-state index contributed by atoms with van der Waals surface area (Å²) in [6.07, 6.45) is 0.770. The Kier molecular flexibility index (Phi) is 3.60. The maximum absolute atomic E-state index is 12.1. The van der Waals surface area contributed by atoms with Gasteiger partial charge < -0.3 is 10.4 Å². The molecule has 8 heteroatoms. The van der Waals surface area contributed by atoms with E-state index in [1.165, 1.54) is 12.1 Å². The van der Waals surface area contributed by atoms with Gasteiger partial charge in [0, 0.05) is 11.1 Å². The Morgan fingerprint density at radius 1 is 1.47 bits per heavy atom. The molecule has 0 aromatic heterocycles. The smallest absolute Gasteiger partial charge is 0.266 e. The van der Waals surface area contributed by atoms with Crippen LogP contribution in [0.4, 0.5) is 5.69 Å². The number of aliphatic imine (C=N–C) groups is 1. The molecule has 104 valence electrons. The molecule has 1 aromatic rings. The topological polar surface area (TPSA) is 90.8 Å². The molecule has 1 aliphatic rings. The SMILES string of the molecule is CC[C@@H](C)N=C1Nc2c(O)cc(Cl)cc2S(=O)(=O)N1. The van der Waals surface area contributed by atoms with Crippen LogP contribution in [0.1, 0.15) is 20.3 Å². The number of phenols is 1. The molecule has 1 heterocycles. The van der Waals surface area contributed by atoms with E-state index in [4.69, 9.17) is 11.6 Å². The molecule has 0 bridgehead atoms. The van der Waals surface area contributed by atoms with Crippen LogP contribution in [-0.2, 0) is 10.0 Å². The summed E-state index contributed by atoms with van der Waals surface area (Å²) >= 11 is 5.74. The first-order valence-corrected chi connectivity index (χ1v) is 7.59. The van der Waals surface area contributed by atoms with Crippen molar-refractivity contribution < 1.29 is 13.5 Å². The summed E-state index contributed by atoms with van der Waals surface area (Å²) in [7, 11) is -3.78. The van der Waals surface area contributed by atoms with Crippen LogP contribution in [0.3, 0.4) is 0 Å². The highest BCUT2D eigenvalue weighted by Gasteiger charge is 2.29. The molecule has 0 fully saturated rings. The van der Waals surface area contributed by atoms with Crippen LogP contribution >= 0.6 is 11.6 Å². The van der Waals surface area contributed by atoms with Crippen molar-refractivity contribution in [2.75, 3.05) is 5.32 Å². The minimum atomic E-state index is -3.78. The van der Waals surface area contributed by atoms with Gasteiger partial charge in [0.2, 0.25) is 5.96 Å². The molecule has 0 aliphatic carbocycles. The van der Waals surface area contributed by atoms with E-state index < -0.39 is 10.0 Å². The molecule has 0 spiro atoms. The summed E-state index contributed by atoms with van der Waals surface area (Å²) in [5.41, 5.74) is 0.0882. The fourth-order valence-electron chi connectivity index (χ4n) is 1.60. The minimum Gasteiger partial charge on any atom is -0.506 e. The Morgan fingerprint density at radius 3 is 2.79 bits per heavy atom. The molecule has 19 heavy (non-hydrogen) atoms. The Labute approximate surface area is 116 Å². The van der Waals surface area contributed by atoms with Gasteiger partial charge in [0.05, 0.1) is 6.04 Å². The number of halogens is 1. The Balaban J connectivity index is 2.54. The first-order valence-electron chi connectivity index (χ1n) is 5.73. The van der Waals surface area contributed by atoms with Crippen molar-refractivity contribution >= 4 is 33.3 Å². The van der Waals surface area contributed by atoms with Crippen LogP contribution in [0.2, 0.25) is 5.02 Å². The third-order valence-electron chi connectivity index (χ3n) is 2.75. The molecule has 0 saturated carbocycles. The van der Waals surface area contributed by atoms with E-state index in [1.54, 1.807) is 0 Å². The Morgan fingerprint density at radius 2 is 2.16 bits per heavy atom. The van der Waals surface area contributed by atoms with Crippen molar-refractivity contribution in [3.05, 3.63) is 17.2 Å². The van der Waals surface area contributed by atoms with E-state index >= 15 is 0 Å². The number of nitrogens with zero attached hydrogens (tertiary/aromatic N) is 1. The van der Waals surface area contributed by atoms with Crippen LogP contribution in [0.15, 0.2) is 22.0 Å². The second kappa shape index (κ2) is 4.90. The number of fused-ring (bicyclic) bond motifs is 1. The predicted molar refractivity (Wildman–Crippen MR) is 74.2 cm³/mol. The lowest BCUT2D eigenvalue weighted by molar-refractivity contribution is 0.475. The summed E-state index contributed by atoms with van der Waals surface area (Å²) < 4.78 is 26.4. The first-order chi connectivity index (χ1) is 8.83. The minimum absolute atomic E-state index is 0.0406. The zero-order valence-corrected chi connectivity index (χ0v) is 12.0. The second-order valence-electron chi connectivity index (χ2n) is 4.26. The Hall–Kier alpha value is -1.47. The fraction of sp³-hybridized carbons (Fsp3) is 0.364. The van der Waals surface area contributed by atoms with Gasteiger partial charge in [0.15, 0.2) is 0 Å². The van der Waals surface area contributed by atoms with Gasteiger partial charge >= 0.3 is 0 Å². The molecule has 1 aromatic carbocycles. The summed E-state index contributed by atoms with van der Waals surface area (Å²) in [4.78, 5) is 4.09. The van der Waals surface area contributed by atoms with Crippen LogP contribution < -0.4 is 10.0 Å². The number of hydrogen-bond donors (Lipinski definition) is 3. The molecular formula is C11H14ClN3O3S. The van der Waals surface area contributed by atoms with Gasteiger partial charge in [-0.1, -0.05) is 18.5 Å². The van der Waals surface area contributed by atoms with Crippen molar-refractivity contribution in [2.24, 2.45) is 4.99 Å². The molecule has 3 N–H and O–H groups in total. The molecule has 1 aliphatic heterocycles. The van der Waals surface area contributed by atoms with E-state index in [-0.39, 0.29) is 33.4 Å². The highest BCUT2D eigenvalue weighted by Crippen LogP contribution is 2.36. The highest BCUT2D eigenvalue weighted by molar-refractivity contribution is 7.90. The number of rotatable bonds is 2. The third-order valence-corrected chi connectivity index (χ3v) is 4.33. The monoisotopic (exact) mass is 303 g/mol. The number of anilines is 1.